The third-order valence-corrected chi connectivity index (χ3v) is 5.42. The molecule has 0 aliphatic carbocycles. The summed E-state index contributed by atoms with van der Waals surface area (Å²) in [5.74, 6) is -2.78. The van der Waals surface area contributed by atoms with Crippen molar-refractivity contribution in [2.75, 3.05) is 24.3 Å². The summed E-state index contributed by atoms with van der Waals surface area (Å²) in [6.45, 7) is 1.67. The van der Waals surface area contributed by atoms with Gasteiger partial charge in [0.2, 0.25) is 17.7 Å². The van der Waals surface area contributed by atoms with Crippen molar-refractivity contribution in [3.8, 4) is 0 Å². The molecule has 180 valence electrons. The SMILES string of the molecule is CSCCC(N)C(=O)NC(CS)C(=O)NC(C(=O)NC(CCCCN)C(=O)O)C(C)O. The maximum atomic E-state index is 12.6. The summed E-state index contributed by atoms with van der Waals surface area (Å²) in [4.78, 5) is 48.6. The number of amides is 3. The zero-order chi connectivity index (χ0) is 24.0. The highest BCUT2D eigenvalue weighted by atomic mass is 32.2. The van der Waals surface area contributed by atoms with Crippen LogP contribution < -0.4 is 27.4 Å². The maximum absolute atomic E-state index is 12.6. The highest BCUT2D eigenvalue weighted by molar-refractivity contribution is 7.98. The summed E-state index contributed by atoms with van der Waals surface area (Å²) in [6.07, 6.45) is 2.23. The van der Waals surface area contributed by atoms with Crippen LogP contribution in [0.2, 0.25) is 0 Å². The van der Waals surface area contributed by atoms with Crippen molar-refractivity contribution < 1.29 is 29.4 Å². The van der Waals surface area contributed by atoms with Crippen molar-refractivity contribution in [3.63, 3.8) is 0 Å². The molecule has 0 radical (unpaired) electrons. The number of carboxylic acids is 1. The van der Waals surface area contributed by atoms with Gasteiger partial charge in [-0.05, 0) is 51.2 Å². The number of hydrogen-bond donors (Lipinski definition) is 8. The number of aliphatic carboxylic acids is 1. The summed E-state index contributed by atoms with van der Waals surface area (Å²) in [6, 6.07) is -4.51. The van der Waals surface area contributed by atoms with Crippen molar-refractivity contribution in [2.45, 2.75) is 62.9 Å². The highest BCUT2D eigenvalue weighted by Crippen LogP contribution is 2.04. The van der Waals surface area contributed by atoms with Crippen LogP contribution in [0.15, 0.2) is 0 Å². The molecule has 13 heteroatoms. The van der Waals surface area contributed by atoms with E-state index in [0.717, 1.165) is 0 Å². The summed E-state index contributed by atoms with van der Waals surface area (Å²) < 4.78 is 0. The molecule has 0 aromatic rings. The van der Waals surface area contributed by atoms with Crippen LogP contribution in [0.1, 0.15) is 32.6 Å². The largest absolute Gasteiger partial charge is 0.480 e. The van der Waals surface area contributed by atoms with E-state index in [9.17, 15) is 29.4 Å². The van der Waals surface area contributed by atoms with E-state index >= 15 is 0 Å². The Kier molecular flexibility index (Phi) is 15.3. The number of carbonyl (C=O) groups excluding carboxylic acids is 3. The van der Waals surface area contributed by atoms with Gasteiger partial charge in [0, 0.05) is 5.75 Å². The number of rotatable bonds is 16. The predicted octanol–water partition coefficient (Wildman–Crippen LogP) is -1.95. The average molecular weight is 482 g/mol. The summed E-state index contributed by atoms with van der Waals surface area (Å²) >= 11 is 5.58. The molecule has 0 fully saturated rings. The van der Waals surface area contributed by atoms with E-state index in [-0.39, 0.29) is 12.2 Å². The number of thiol groups is 1. The molecule has 0 saturated carbocycles. The van der Waals surface area contributed by atoms with Gasteiger partial charge in [0.25, 0.3) is 0 Å². The smallest absolute Gasteiger partial charge is 0.326 e. The van der Waals surface area contributed by atoms with E-state index in [2.05, 4.69) is 28.6 Å². The molecule has 0 heterocycles. The standard InChI is InChI=1S/C18H35N5O6S2/c1-10(24)14(17(27)21-12(18(28)29)5-3-4-7-19)23-16(26)13(9-30)22-15(25)11(20)6-8-31-2/h10-14,24,30H,3-9,19-20H2,1-2H3,(H,21,27)(H,22,25)(H,23,26)(H,28,29). The number of thioether (sulfide) groups is 1. The molecule has 0 aromatic carbocycles. The van der Waals surface area contributed by atoms with Crippen molar-refractivity contribution in [1.29, 1.82) is 0 Å². The Labute approximate surface area is 192 Å². The molecular formula is C18H35N5O6S2. The second-order valence-electron chi connectivity index (χ2n) is 7.04. The minimum Gasteiger partial charge on any atom is -0.480 e. The van der Waals surface area contributed by atoms with Crippen LogP contribution in [0, 0.1) is 0 Å². The first-order valence-corrected chi connectivity index (χ1v) is 12.0. The van der Waals surface area contributed by atoms with Crippen LogP contribution in [-0.2, 0) is 19.2 Å². The Morgan fingerprint density at radius 2 is 1.61 bits per heavy atom. The molecule has 11 nitrogen and oxygen atoms in total. The fourth-order valence-corrected chi connectivity index (χ4v) is 3.27. The van der Waals surface area contributed by atoms with Gasteiger partial charge in [0.15, 0.2) is 0 Å². The normalized spacial score (nSPS) is 15.8. The molecule has 5 unspecified atom stereocenters. The molecule has 0 bridgehead atoms. The molecular weight excluding hydrogens is 446 g/mol. The molecule has 0 aliphatic heterocycles. The molecule has 3 amide bonds. The maximum Gasteiger partial charge on any atom is 0.326 e. The number of hydrogen-bond acceptors (Lipinski definition) is 9. The average Bonchev–Trinajstić information content (AvgIpc) is 2.72. The van der Waals surface area contributed by atoms with Crippen molar-refractivity contribution >= 4 is 48.1 Å². The zero-order valence-corrected chi connectivity index (χ0v) is 19.6. The van der Waals surface area contributed by atoms with E-state index in [0.29, 0.717) is 31.6 Å². The highest BCUT2D eigenvalue weighted by Gasteiger charge is 2.32. The molecule has 0 spiro atoms. The van der Waals surface area contributed by atoms with Gasteiger partial charge in [-0.15, -0.1) is 0 Å². The van der Waals surface area contributed by atoms with E-state index in [4.69, 9.17) is 11.5 Å². The summed E-state index contributed by atoms with van der Waals surface area (Å²) in [7, 11) is 0. The Morgan fingerprint density at radius 3 is 2.10 bits per heavy atom. The molecule has 0 aliphatic rings. The van der Waals surface area contributed by atoms with Crippen LogP contribution >= 0.6 is 24.4 Å². The lowest BCUT2D eigenvalue weighted by atomic mass is 10.1. The fourth-order valence-electron chi connectivity index (χ4n) is 2.52. The minimum absolute atomic E-state index is 0.0716. The second-order valence-corrected chi connectivity index (χ2v) is 8.39. The molecule has 31 heavy (non-hydrogen) atoms. The van der Waals surface area contributed by atoms with Gasteiger partial charge in [-0.25, -0.2) is 4.79 Å². The Bertz CT molecular complexity index is 596. The first-order chi connectivity index (χ1) is 14.6. The topological polar surface area (TPSA) is 197 Å². The predicted molar refractivity (Wildman–Crippen MR) is 123 cm³/mol. The second kappa shape index (κ2) is 16.1. The number of carbonyl (C=O) groups is 4. The van der Waals surface area contributed by atoms with Gasteiger partial charge in [-0.3, -0.25) is 14.4 Å². The van der Waals surface area contributed by atoms with Crippen molar-refractivity contribution in [1.82, 2.24) is 16.0 Å². The van der Waals surface area contributed by atoms with Gasteiger partial charge in [-0.1, -0.05) is 0 Å². The lowest BCUT2D eigenvalue weighted by Gasteiger charge is -2.26. The minimum atomic E-state index is -1.42. The molecule has 9 N–H and O–H groups in total. The fraction of sp³-hybridized carbons (Fsp3) is 0.778. The van der Waals surface area contributed by atoms with E-state index in [1.165, 1.54) is 18.7 Å². The third-order valence-electron chi connectivity index (χ3n) is 4.41. The Balaban J connectivity index is 5.07. The molecule has 5 atom stereocenters. The summed E-state index contributed by atoms with van der Waals surface area (Å²) in [5.41, 5.74) is 11.2. The number of nitrogens with two attached hydrogens (primary N) is 2. The number of carboxylic acid groups (broad SMARTS) is 1. The molecule has 0 rings (SSSR count). The number of aliphatic hydroxyl groups is 1. The van der Waals surface area contributed by atoms with Gasteiger partial charge in [0.05, 0.1) is 12.1 Å². The number of unbranched alkanes of at least 4 members (excludes halogenated alkanes) is 1. The lowest BCUT2D eigenvalue weighted by molar-refractivity contribution is -0.143. The first kappa shape index (κ1) is 29.5. The van der Waals surface area contributed by atoms with Crippen LogP contribution in [0.4, 0.5) is 0 Å². The van der Waals surface area contributed by atoms with Crippen LogP contribution in [0.3, 0.4) is 0 Å². The first-order valence-electron chi connectivity index (χ1n) is 9.96. The monoisotopic (exact) mass is 481 g/mol. The summed E-state index contributed by atoms with van der Waals surface area (Å²) in [5, 5.41) is 26.4. The number of nitrogens with one attached hydrogen (secondary N) is 3. The van der Waals surface area contributed by atoms with E-state index in [1.54, 1.807) is 0 Å². The lowest BCUT2D eigenvalue weighted by Crippen LogP contribution is -2.60. The Morgan fingerprint density at radius 1 is 1.00 bits per heavy atom. The van der Waals surface area contributed by atoms with Crippen LogP contribution in [0.5, 0.6) is 0 Å². The van der Waals surface area contributed by atoms with Gasteiger partial charge in [-0.2, -0.15) is 24.4 Å². The molecule has 0 aromatic heterocycles. The van der Waals surface area contributed by atoms with Crippen LogP contribution in [-0.4, -0.2) is 88.5 Å². The van der Waals surface area contributed by atoms with E-state index in [1.807, 2.05) is 6.26 Å². The van der Waals surface area contributed by atoms with Gasteiger partial charge >= 0.3 is 5.97 Å². The quantitative estimate of drug-likeness (QED) is 0.0911. The number of aliphatic hydroxyl groups excluding tert-OH is 1. The van der Waals surface area contributed by atoms with Gasteiger partial charge in [0.1, 0.15) is 18.1 Å². The Hall–Kier alpha value is -1.54. The van der Waals surface area contributed by atoms with Crippen molar-refractivity contribution in [3.05, 3.63) is 0 Å². The molecule has 0 saturated heterocycles. The van der Waals surface area contributed by atoms with Crippen molar-refractivity contribution in [2.24, 2.45) is 11.5 Å². The van der Waals surface area contributed by atoms with Crippen LogP contribution in [0.25, 0.3) is 0 Å². The zero-order valence-electron chi connectivity index (χ0n) is 17.9. The third kappa shape index (κ3) is 11.6. The van der Waals surface area contributed by atoms with Gasteiger partial charge < -0.3 is 37.6 Å². The van der Waals surface area contributed by atoms with E-state index < -0.39 is 54.0 Å².